The lowest BCUT2D eigenvalue weighted by Gasteiger charge is -2.26. The monoisotopic (exact) mass is 348 g/mol. The standard InChI is InChI=1S/C17H17FN2O3S/c18-14-6-2-1-5-13(14)17(21)19-15-7-3-4-8-16(15)24(22)20-9-11-23-12-10-20/h1-8H,9-12H2,(H,19,21). The number of carbonyl (C=O) groups excluding carboxylic acids is 1. The number of hydrogen-bond donors (Lipinski definition) is 1. The molecule has 0 saturated carbocycles. The summed E-state index contributed by atoms with van der Waals surface area (Å²) in [7, 11) is -1.41. The van der Waals surface area contributed by atoms with Crippen LogP contribution in [0.25, 0.3) is 0 Å². The minimum atomic E-state index is -1.41. The lowest BCUT2D eigenvalue weighted by atomic mass is 10.2. The average molecular weight is 348 g/mol. The van der Waals surface area contributed by atoms with Crippen molar-refractivity contribution in [3.05, 3.63) is 59.9 Å². The van der Waals surface area contributed by atoms with Gasteiger partial charge >= 0.3 is 0 Å². The van der Waals surface area contributed by atoms with Gasteiger partial charge in [-0.25, -0.2) is 12.9 Å². The topological polar surface area (TPSA) is 58.6 Å². The summed E-state index contributed by atoms with van der Waals surface area (Å²) in [5.41, 5.74) is 0.361. The highest BCUT2D eigenvalue weighted by molar-refractivity contribution is 7.82. The number of rotatable bonds is 4. The van der Waals surface area contributed by atoms with Crippen LogP contribution in [0.3, 0.4) is 0 Å². The second-order valence-corrected chi connectivity index (χ2v) is 6.68. The molecule has 2 aromatic carbocycles. The maximum absolute atomic E-state index is 13.7. The highest BCUT2D eigenvalue weighted by Crippen LogP contribution is 2.23. The van der Waals surface area contributed by atoms with Crippen LogP contribution in [0.5, 0.6) is 0 Å². The number of halogens is 1. The van der Waals surface area contributed by atoms with Gasteiger partial charge < -0.3 is 10.1 Å². The zero-order valence-electron chi connectivity index (χ0n) is 12.9. The number of carbonyl (C=O) groups is 1. The number of amides is 1. The van der Waals surface area contributed by atoms with E-state index in [9.17, 15) is 13.4 Å². The fourth-order valence-electron chi connectivity index (χ4n) is 2.41. The third-order valence-corrected chi connectivity index (χ3v) is 5.21. The van der Waals surface area contributed by atoms with Crippen LogP contribution in [0.4, 0.5) is 10.1 Å². The van der Waals surface area contributed by atoms with E-state index in [0.717, 1.165) is 0 Å². The summed E-state index contributed by atoms with van der Waals surface area (Å²) in [4.78, 5) is 12.8. The summed E-state index contributed by atoms with van der Waals surface area (Å²) in [5, 5.41) is 2.66. The third-order valence-electron chi connectivity index (χ3n) is 3.65. The Balaban J connectivity index is 1.83. The van der Waals surface area contributed by atoms with Crippen molar-refractivity contribution in [3.63, 3.8) is 0 Å². The Kier molecular flexibility index (Phi) is 5.34. The van der Waals surface area contributed by atoms with E-state index in [4.69, 9.17) is 4.74 Å². The molecule has 1 aliphatic rings. The molecule has 0 radical (unpaired) electrons. The zero-order valence-corrected chi connectivity index (χ0v) is 13.7. The number of benzene rings is 2. The van der Waals surface area contributed by atoms with Crippen LogP contribution in [-0.4, -0.2) is 40.7 Å². The van der Waals surface area contributed by atoms with Crippen molar-refractivity contribution in [2.24, 2.45) is 0 Å². The van der Waals surface area contributed by atoms with Crippen molar-refractivity contribution in [3.8, 4) is 0 Å². The van der Waals surface area contributed by atoms with Crippen LogP contribution in [0.15, 0.2) is 53.4 Å². The molecule has 1 aliphatic heterocycles. The van der Waals surface area contributed by atoms with E-state index in [-0.39, 0.29) is 5.56 Å². The summed E-state index contributed by atoms with van der Waals surface area (Å²) in [5.74, 6) is -1.17. The van der Waals surface area contributed by atoms with Gasteiger partial charge in [0, 0.05) is 13.1 Å². The van der Waals surface area contributed by atoms with Crippen LogP contribution < -0.4 is 5.32 Å². The first kappa shape index (κ1) is 16.8. The molecule has 0 aromatic heterocycles. The smallest absolute Gasteiger partial charge is 0.258 e. The SMILES string of the molecule is O=C(Nc1ccccc1S(=O)N1CCOCC1)c1ccccc1F. The van der Waals surface area contributed by atoms with E-state index in [2.05, 4.69) is 5.32 Å². The van der Waals surface area contributed by atoms with Crippen molar-refractivity contribution in [1.29, 1.82) is 0 Å². The predicted molar refractivity (Wildman–Crippen MR) is 89.6 cm³/mol. The molecule has 0 spiro atoms. The van der Waals surface area contributed by atoms with E-state index in [0.29, 0.717) is 36.9 Å². The predicted octanol–water partition coefficient (Wildman–Crippen LogP) is 2.43. The summed E-state index contributed by atoms with van der Waals surface area (Å²) in [6.45, 7) is 2.16. The van der Waals surface area contributed by atoms with Crippen LogP contribution in [-0.2, 0) is 15.7 Å². The van der Waals surface area contributed by atoms with Gasteiger partial charge in [0.1, 0.15) is 16.8 Å². The summed E-state index contributed by atoms with van der Waals surface area (Å²) in [6.07, 6.45) is 0. The Morgan fingerprint density at radius 1 is 1.08 bits per heavy atom. The Bertz CT molecular complexity index is 763. The van der Waals surface area contributed by atoms with E-state index in [1.54, 1.807) is 34.6 Å². The Labute approximate surface area is 142 Å². The van der Waals surface area contributed by atoms with E-state index < -0.39 is 22.7 Å². The summed E-state index contributed by atoms with van der Waals surface area (Å²) < 4.78 is 33.6. The number of nitrogens with one attached hydrogen (secondary N) is 1. The molecule has 1 saturated heterocycles. The van der Waals surface area contributed by atoms with Gasteiger partial charge in [0.15, 0.2) is 0 Å². The minimum Gasteiger partial charge on any atom is -0.379 e. The van der Waals surface area contributed by atoms with E-state index in [1.165, 1.54) is 18.2 Å². The Morgan fingerprint density at radius 2 is 1.75 bits per heavy atom. The Hall–Kier alpha value is -2.09. The first-order valence-corrected chi connectivity index (χ1v) is 8.67. The van der Waals surface area contributed by atoms with Gasteiger partial charge in [-0.3, -0.25) is 4.79 Å². The Morgan fingerprint density at radius 3 is 2.50 bits per heavy atom. The quantitative estimate of drug-likeness (QED) is 0.923. The molecule has 0 aliphatic carbocycles. The highest BCUT2D eigenvalue weighted by Gasteiger charge is 2.21. The highest BCUT2D eigenvalue weighted by atomic mass is 32.2. The molecular weight excluding hydrogens is 331 g/mol. The van der Waals surface area contributed by atoms with Crippen LogP contribution >= 0.6 is 0 Å². The average Bonchev–Trinajstić information content (AvgIpc) is 2.62. The van der Waals surface area contributed by atoms with Crippen molar-refractivity contribution in [2.45, 2.75) is 4.90 Å². The molecule has 3 rings (SSSR count). The second kappa shape index (κ2) is 7.65. The first-order valence-electron chi connectivity index (χ1n) is 7.56. The van der Waals surface area contributed by atoms with Crippen molar-refractivity contribution in [2.75, 3.05) is 31.6 Å². The van der Waals surface area contributed by atoms with Gasteiger partial charge in [-0.2, -0.15) is 0 Å². The van der Waals surface area contributed by atoms with Crippen molar-refractivity contribution < 1.29 is 18.1 Å². The maximum atomic E-state index is 13.7. The molecular formula is C17H17FN2O3S. The molecule has 2 aromatic rings. The number of ether oxygens (including phenoxy) is 1. The van der Waals surface area contributed by atoms with Crippen molar-refractivity contribution >= 4 is 22.6 Å². The second-order valence-electron chi connectivity index (χ2n) is 5.22. The number of hydrogen-bond acceptors (Lipinski definition) is 3. The molecule has 5 nitrogen and oxygen atoms in total. The third kappa shape index (κ3) is 3.69. The molecule has 1 unspecified atom stereocenters. The van der Waals surface area contributed by atoms with Crippen LogP contribution in [0.2, 0.25) is 0 Å². The fraction of sp³-hybridized carbons (Fsp3) is 0.235. The first-order chi connectivity index (χ1) is 11.7. The van der Waals surface area contributed by atoms with E-state index in [1.807, 2.05) is 0 Å². The fourth-order valence-corrected chi connectivity index (χ4v) is 3.67. The van der Waals surface area contributed by atoms with Crippen LogP contribution in [0, 0.1) is 5.82 Å². The number of anilines is 1. The molecule has 1 fully saturated rings. The molecule has 0 bridgehead atoms. The van der Waals surface area contributed by atoms with Gasteiger partial charge in [-0.05, 0) is 24.3 Å². The largest absolute Gasteiger partial charge is 0.379 e. The maximum Gasteiger partial charge on any atom is 0.258 e. The molecule has 1 N–H and O–H groups in total. The molecule has 1 amide bonds. The zero-order chi connectivity index (χ0) is 16.9. The molecule has 126 valence electrons. The lowest BCUT2D eigenvalue weighted by molar-refractivity contribution is 0.0752. The summed E-state index contributed by atoms with van der Waals surface area (Å²) in [6, 6.07) is 12.6. The van der Waals surface area contributed by atoms with Gasteiger partial charge in [0.05, 0.1) is 29.4 Å². The summed E-state index contributed by atoms with van der Waals surface area (Å²) >= 11 is 0. The van der Waals surface area contributed by atoms with Crippen LogP contribution in [0.1, 0.15) is 10.4 Å². The number of para-hydroxylation sites is 1. The van der Waals surface area contributed by atoms with Gasteiger partial charge in [0.25, 0.3) is 5.91 Å². The number of nitrogens with zero attached hydrogens (tertiary/aromatic N) is 1. The van der Waals surface area contributed by atoms with Gasteiger partial charge in [0.2, 0.25) is 0 Å². The molecule has 24 heavy (non-hydrogen) atoms. The molecule has 7 heteroatoms. The lowest BCUT2D eigenvalue weighted by Crippen LogP contribution is -2.37. The number of morpholine rings is 1. The molecule has 1 heterocycles. The van der Waals surface area contributed by atoms with Crippen molar-refractivity contribution in [1.82, 2.24) is 4.31 Å². The molecule has 1 atom stereocenters. The minimum absolute atomic E-state index is 0.0514. The van der Waals surface area contributed by atoms with E-state index >= 15 is 0 Å². The normalized spacial score (nSPS) is 16.5. The van der Waals surface area contributed by atoms with Gasteiger partial charge in [-0.1, -0.05) is 24.3 Å². The van der Waals surface area contributed by atoms with Gasteiger partial charge in [-0.15, -0.1) is 0 Å².